The Morgan fingerprint density at radius 3 is 2.86 bits per heavy atom. The summed E-state index contributed by atoms with van der Waals surface area (Å²) in [5.74, 6) is 0. The van der Waals surface area contributed by atoms with Gasteiger partial charge in [-0.1, -0.05) is 18.7 Å². The first-order chi connectivity index (χ1) is 6.70. The molecule has 0 aliphatic rings. The van der Waals surface area contributed by atoms with Crippen LogP contribution in [0.25, 0.3) is 17.0 Å². The van der Waals surface area contributed by atoms with Crippen LogP contribution in [0.3, 0.4) is 0 Å². The van der Waals surface area contributed by atoms with Gasteiger partial charge in [0.15, 0.2) is 0 Å². The van der Waals surface area contributed by atoms with Crippen LogP contribution in [0.1, 0.15) is 5.56 Å². The van der Waals surface area contributed by atoms with E-state index in [-0.39, 0.29) is 5.56 Å². The van der Waals surface area contributed by atoms with Gasteiger partial charge in [-0.2, -0.15) is 0 Å². The summed E-state index contributed by atoms with van der Waals surface area (Å²) >= 11 is 0. The molecule has 0 bridgehead atoms. The second-order valence-corrected chi connectivity index (χ2v) is 3.10. The molecule has 14 heavy (non-hydrogen) atoms. The van der Waals surface area contributed by atoms with E-state index in [1.807, 2.05) is 6.07 Å². The fourth-order valence-corrected chi connectivity index (χ4v) is 1.47. The summed E-state index contributed by atoms with van der Waals surface area (Å²) in [6, 6.07) is 6.93. The van der Waals surface area contributed by atoms with Gasteiger partial charge in [-0.25, -0.2) is 0 Å². The van der Waals surface area contributed by atoms with Gasteiger partial charge in [0.25, 0.3) is 0 Å². The van der Waals surface area contributed by atoms with Crippen LogP contribution in [0.4, 0.5) is 5.69 Å². The number of hydrogen-bond acceptors (Lipinski definition) is 2. The molecule has 1 aromatic carbocycles. The molecular formula is C11H10N2O. The Bertz CT molecular complexity index is 555. The van der Waals surface area contributed by atoms with Crippen molar-refractivity contribution in [3.63, 3.8) is 0 Å². The molecule has 3 nitrogen and oxygen atoms in total. The van der Waals surface area contributed by atoms with E-state index in [9.17, 15) is 4.79 Å². The van der Waals surface area contributed by atoms with E-state index in [1.165, 1.54) is 6.07 Å². The molecule has 0 fully saturated rings. The Balaban J connectivity index is 2.94. The SMILES string of the molecule is C=Cc1cc(=O)[nH]c2cc(N)ccc12. The van der Waals surface area contributed by atoms with Crippen LogP contribution in [0.15, 0.2) is 35.6 Å². The average Bonchev–Trinajstić information content (AvgIpc) is 2.15. The monoisotopic (exact) mass is 186 g/mol. The summed E-state index contributed by atoms with van der Waals surface area (Å²) in [4.78, 5) is 14.0. The number of nitrogens with one attached hydrogen (secondary N) is 1. The highest BCUT2D eigenvalue weighted by Crippen LogP contribution is 2.18. The van der Waals surface area contributed by atoms with E-state index in [4.69, 9.17) is 5.73 Å². The van der Waals surface area contributed by atoms with Gasteiger partial charge in [-0.15, -0.1) is 0 Å². The van der Waals surface area contributed by atoms with Gasteiger partial charge in [0.1, 0.15) is 0 Å². The maximum atomic E-state index is 11.2. The molecule has 70 valence electrons. The number of pyridine rings is 1. The molecule has 2 aromatic rings. The fourth-order valence-electron chi connectivity index (χ4n) is 1.47. The molecule has 0 saturated heterocycles. The second kappa shape index (κ2) is 3.03. The molecule has 0 atom stereocenters. The normalized spacial score (nSPS) is 10.3. The summed E-state index contributed by atoms with van der Waals surface area (Å²) in [6.07, 6.45) is 1.66. The lowest BCUT2D eigenvalue weighted by atomic mass is 10.1. The number of aromatic nitrogens is 1. The quantitative estimate of drug-likeness (QED) is 0.666. The van der Waals surface area contributed by atoms with E-state index in [1.54, 1.807) is 18.2 Å². The lowest BCUT2D eigenvalue weighted by Crippen LogP contribution is -2.04. The second-order valence-electron chi connectivity index (χ2n) is 3.10. The highest BCUT2D eigenvalue weighted by atomic mass is 16.1. The minimum absolute atomic E-state index is 0.141. The lowest BCUT2D eigenvalue weighted by Gasteiger charge is -2.02. The largest absolute Gasteiger partial charge is 0.399 e. The summed E-state index contributed by atoms with van der Waals surface area (Å²) in [5.41, 5.74) is 7.68. The number of H-pyrrole nitrogens is 1. The molecule has 1 aromatic heterocycles. The molecule has 0 spiro atoms. The molecule has 3 N–H and O–H groups in total. The summed E-state index contributed by atoms with van der Waals surface area (Å²) in [7, 11) is 0. The highest BCUT2D eigenvalue weighted by molar-refractivity contribution is 5.89. The van der Waals surface area contributed by atoms with Gasteiger partial charge in [0, 0.05) is 17.1 Å². The third kappa shape index (κ3) is 1.29. The molecule has 0 saturated carbocycles. The van der Waals surface area contributed by atoms with Crippen LogP contribution >= 0.6 is 0 Å². The van der Waals surface area contributed by atoms with Gasteiger partial charge >= 0.3 is 0 Å². The third-order valence-corrected chi connectivity index (χ3v) is 2.12. The topological polar surface area (TPSA) is 58.9 Å². The Kier molecular flexibility index (Phi) is 1.85. The van der Waals surface area contributed by atoms with E-state index >= 15 is 0 Å². The van der Waals surface area contributed by atoms with Gasteiger partial charge in [-0.3, -0.25) is 4.79 Å². The smallest absolute Gasteiger partial charge is 0.249 e. The number of benzene rings is 1. The molecule has 0 aliphatic carbocycles. The number of nitrogen functional groups attached to an aromatic ring is 1. The molecule has 0 aliphatic heterocycles. The van der Waals surface area contributed by atoms with Crippen LogP contribution in [-0.2, 0) is 0 Å². The van der Waals surface area contributed by atoms with Crippen LogP contribution in [0.2, 0.25) is 0 Å². The van der Waals surface area contributed by atoms with Crippen molar-refractivity contribution in [3.05, 3.63) is 46.8 Å². The number of fused-ring (bicyclic) bond motifs is 1. The van der Waals surface area contributed by atoms with Crippen molar-refractivity contribution in [2.24, 2.45) is 0 Å². The van der Waals surface area contributed by atoms with Crippen molar-refractivity contribution in [2.75, 3.05) is 5.73 Å². The van der Waals surface area contributed by atoms with E-state index < -0.39 is 0 Å². The molecule has 0 radical (unpaired) electrons. The zero-order valence-electron chi connectivity index (χ0n) is 7.58. The van der Waals surface area contributed by atoms with E-state index in [2.05, 4.69) is 11.6 Å². The minimum Gasteiger partial charge on any atom is -0.399 e. The van der Waals surface area contributed by atoms with Crippen molar-refractivity contribution >= 4 is 22.7 Å². The van der Waals surface area contributed by atoms with Crippen molar-refractivity contribution < 1.29 is 0 Å². The van der Waals surface area contributed by atoms with Crippen LogP contribution in [0.5, 0.6) is 0 Å². The van der Waals surface area contributed by atoms with Gasteiger partial charge in [-0.05, 0) is 17.7 Å². The molecule has 0 unspecified atom stereocenters. The Labute approximate surface area is 80.9 Å². The van der Waals surface area contributed by atoms with Crippen molar-refractivity contribution in [1.82, 2.24) is 4.98 Å². The summed E-state index contributed by atoms with van der Waals surface area (Å²) in [6.45, 7) is 3.66. The summed E-state index contributed by atoms with van der Waals surface area (Å²) in [5, 5.41) is 0.953. The van der Waals surface area contributed by atoms with Crippen LogP contribution < -0.4 is 11.3 Å². The number of aromatic amines is 1. The predicted molar refractivity (Wildman–Crippen MR) is 59.1 cm³/mol. The summed E-state index contributed by atoms with van der Waals surface area (Å²) < 4.78 is 0. The van der Waals surface area contributed by atoms with E-state index in [0.29, 0.717) is 5.69 Å². The van der Waals surface area contributed by atoms with Crippen molar-refractivity contribution in [1.29, 1.82) is 0 Å². The lowest BCUT2D eigenvalue weighted by molar-refractivity contribution is 1.30. The maximum Gasteiger partial charge on any atom is 0.249 e. The maximum absolute atomic E-state index is 11.2. The first kappa shape index (κ1) is 8.56. The Morgan fingerprint density at radius 1 is 1.36 bits per heavy atom. The van der Waals surface area contributed by atoms with Crippen LogP contribution in [-0.4, -0.2) is 4.98 Å². The molecule has 2 rings (SSSR count). The Hall–Kier alpha value is -2.03. The number of rotatable bonds is 1. The Morgan fingerprint density at radius 2 is 2.14 bits per heavy atom. The van der Waals surface area contributed by atoms with Gasteiger partial charge in [0.2, 0.25) is 5.56 Å². The van der Waals surface area contributed by atoms with Gasteiger partial charge in [0.05, 0.1) is 5.52 Å². The number of anilines is 1. The average molecular weight is 186 g/mol. The zero-order valence-corrected chi connectivity index (χ0v) is 7.58. The fraction of sp³-hybridized carbons (Fsp3) is 0. The first-order valence-corrected chi connectivity index (χ1v) is 4.26. The standard InChI is InChI=1S/C11H10N2O/c1-2-7-5-11(14)13-10-6-8(12)3-4-9(7)10/h2-6H,1,12H2,(H,13,14). The minimum atomic E-state index is -0.141. The highest BCUT2D eigenvalue weighted by Gasteiger charge is 2.00. The van der Waals surface area contributed by atoms with Crippen molar-refractivity contribution in [2.45, 2.75) is 0 Å². The van der Waals surface area contributed by atoms with Gasteiger partial charge < -0.3 is 10.7 Å². The third-order valence-electron chi connectivity index (χ3n) is 2.12. The molecule has 0 amide bonds. The zero-order chi connectivity index (χ0) is 10.1. The molecular weight excluding hydrogens is 176 g/mol. The van der Waals surface area contributed by atoms with Crippen molar-refractivity contribution in [3.8, 4) is 0 Å². The number of nitrogens with two attached hydrogens (primary N) is 1. The predicted octanol–water partition coefficient (Wildman–Crippen LogP) is 1.75. The first-order valence-electron chi connectivity index (χ1n) is 4.26. The van der Waals surface area contributed by atoms with Crippen LogP contribution in [0, 0.1) is 0 Å². The molecule has 1 heterocycles. The molecule has 3 heteroatoms. The number of hydrogen-bond donors (Lipinski definition) is 2. The van der Waals surface area contributed by atoms with E-state index in [0.717, 1.165) is 16.5 Å².